The monoisotopic (exact) mass is 598 g/mol. The highest BCUT2D eigenvalue weighted by Crippen LogP contribution is 2.50. The number of alkyl halides is 2. The summed E-state index contributed by atoms with van der Waals surface area (Å²) < 4.78 is 69.8. The number of carbonyl (C=O) groups excluding carboxylic acids is 1. The lowest BCUT2D eigenvalue weighted by atomic mass is 9.68. The maximum atomic E-state index is 15.0. The van der Waals surface area contributed by atoms with Crippen LogP contribution in [0.4, 0.5) is 18.9 Å². The van der Waals surface area contributed by atoms with E-state index >= 15 is 4.39 Å². The first-order valence-corrected chi connectivity index (χ1v) is 15.6. The third kappa shape index (κ3) is 6.33. The molecule has 4 N–H and O–H groups in total. The van der Waals surface area contributed by atoms with Crippen LogP contribution in [0.25, 0.3) is 0 Å². The number of piperazine rings is 1. The molecule has 1 aliphatic carbocycles. The lowest BCUT2D eigenvalue weighted by Gasteiger charge is -2.42. The number of carbonyl (C=O) groups is 1. The highest BCUT2D eigenvalue weighted by Gasteiger charge is 2.51. The van der Waals surface area contributed by atoms with Crippen molar-refractivity contribution in [2.45, 2.75) is 68.5 Å². The first kappa shape index (κ1) is 29.3. The third-order valence-corrected chi connectivity index (χ3v) is 10.7. The largest absolute Gasteiger partial charge is 0.324 e. The molecule has 218 valence electrons. The van der Waals surface area contributed by atoms with Gasteiger partial charge in [-0.05, 0) is 61.4 Å². The lowest BCUT2D eigenvalue weighted by Crippen LogP contribution is -2.57. The van der Waals surface area contributed by atoms with Crippen molar-refractivity contribution < 1.29 is 26.4 Å². The predicted octanol–water partition coefficient (Wildman–Crippen LogP) is 4.27. The summed E-state index contributed by atoms with van der Waals surface area (Å²) in [6.45, 7) is 0.870. The number of amides is 1. The van der Waals surface area contributed by atoms with Crippen molar-refractivity contribution in [2.24, 2.45) is 11.7 Å². The smallest absolute Gasteiger partial charge is 0.248 e. The summed E-state index contributed by atoms with van der Waals surface area (Å²) in [5.41, 5.74) is 7.50. The molecule has 5 unspecified atom stereocenters. The van der Waals surface area contributed by atoms with Crippen molar-refractivity contribution in [1.82, 2.24) is 9.62 Å². The fourth-order valence-electron chi connectivity index (χ4n) is 6.28. The van der Waals surface area contributed by atoms with E-state index in [0.717, 1.165) is 6.42 Å². The first-order valence-electron chi connectivity index (χ1n) is 13.6. The van der Waals surface area contributed by atoms with Crippen molar-refractivity contribution in [1.29, 1.82) is 0 Å². The molecule has 0 spiro atoms. The molecular formula is C28H34ClF3N4O3S. The highest BCUT2D eigenvalue weighted by molar-refractivity contribution is 7.89. The Labute approximate surface area is 237 Å². The van der Waals surface area contributed by atoms with E-state index in [1.165, 1.54) is 12.1 Å². The molecule has 12 heteroatoms. The van der Waals surface area contributed by atoms with Gasteiger partial charge >= 0.3 is 0 Å². The molecule has 5 atom stereocenters. The minimum absolute atomic E-state index is 0.0995. The fraction of sp³-hybridized carbons (Fsp3) is 0.536. The quantitative estimate of drug-likeness (QED) is 0.421. The Morgan fingerprint density at radius 1 is 1.20 bits per heavy atom. The van der Waals surface area contributed by atoms with Gasteiger partial charge in [0.25, 0.3) is 0 Å². The summed E-state index contributed by atoms with van der Waals surface area (Å²) in [6, 6.07) is 9.56. The van der Waals surface area contributed by atoms with E-state index in [-0.39, 0.29) is 48.3 Å². The van der Waals surface area contributed by atoms with Crippen molar-refractivity contribution in [3.8, 4) is 0 Å². The van der Waals surface area contributed by atoms with Crippen LogP contribution in [0.15, 0.2) is 42.5 Å². The zero-order valence-corrected chi connectivity index (χ0v) is 23.5. The number of hydrogen-bond acceptors (Lipinski definition) is 5. The van der Waals surface area contributed by atoms with Gasteiger partial charge in [0.1, 0.15) is 5.82 Å². The van der Waals surface area contributed by atoms with Crippen LogP contribution in [-0.2, 0) is 21.2 Å². The zero-order valence-electron chi connectivity index (χ0n) is 22.0. The molecule has 2 aliphatic heterocycles. The second-order valence-electron chi connectivity index (χ2n) is 11.2. The number of anilines is 1. The van der Waals surface area contributed by atoms with E-state index in [0.29, 0.717) is 36.5 Å². The number of sulfonamides is 1. The van der Waals surface area contributed by atoms with Crippen LogP contribution in [0.1, 0.15) is 49.1 Å². The topological polar surface area (TPSA) is 105 Å². The maximum absolute atomic E-state index is 15.0. The van der Waals surface area contributed by atoms with E-state index in [9.17, 15) is 22.0 Å². The molecule has 2 heterocycles. The van der Waals surface area contributed by atoms with Crippen LogP contribution < -0.4 is 16.4 Å². The molecule has 0 aromatic heterocycles. The molecule has 7 nitrogen and oxygen atoms in total. The number of benzene rings is 2. The minimum Gasteiger partial charge on any atom is -0.324 e. The average Bonchev–Trinajstić information content (AvgIpc) is 3.00. The van der Waals surface area contributed by atoms with Crippen LogP contribution in [0.3, 0.4) is 0 Å². The van der Waals surface area contributed by atoms with Gasteiger partial charge in [0.2, 0.25) is 21.9 Å². The van der Waals surface area contributed by atoms with Crippen LogP contribution >= 0.6 is 11.6 Å². The van der Waals surface area contributed by atoms with Gasteiger partial charge in [-0.3, -0.25) is 4.79 Å². The average molecular weight is 599 g/mol. The number of halogens is 4. The SMILES string of the molecule is NC(C(=O)Nc1cccc(F)c1CCC1CNC2CCCS(=O)(=O)N1C2)C(c1ccc(Cl)cc1)C1CC(F)(F)C1. The maximum Gasteiger partial charge on any atom is 0.248 e. The molecule has 2 aromatic rings. The summed E-state index contributed by atoms with van der Waals surface area (Å²) in [5, 5.41) is 6.60. The van der Waals surface area contributed by atoms with E-state index in [4.69, 9.17) is 17.3 Å². The molecule has 3 fully saturated rings. The van der Waals surface area contributed by atoms with Crippen molar-refractivity contribution >= 4 is 33.2 Å². The molecule has 5 rings (SSSR count). The lowest BCUT2D eigenvalue weighted by molar-refractivity contribution is -0.128. The van der Waals surface area contributed by atoms with Gasteiger partial charge in [-0.15, -0.1) is 0 Å². The van der Waals surface area contributed by atoms with E-state index < -0.39 is 45.5 Å². The van der Waals surface area contributed by atoms with Crippen molar-refractivity contribution in [3.05, 3.63) is 64.4 Å². The standard InChI is InChI=1S/C28H34ClF3N4O3S/c29-19-8-6-17(7-9-19)25(18-13-28(31,32)14-18)26(33)27(37)35-24-5-1-4-23(30)22(24)11-10-21-15-34-20-3-2-12-40(38,39)36(21)16-20/h1,4-9,18,20-21,25-26,34H,2-3,10-16,33H2,(H,35,37). The van der Waals surface area contributed by atoms with Crippen LogP contribution in [0.5, 0.6) is 0 Å². The zero-order chi connectivity index (χ0) is 28.7. The van der Waals surface area contributed by atoms with E-state index in [1.54, 1.807) is 34.6 Å². The summed E-state index contributed by atoms with van der Waals surface area (Å²) in [5.74, 6) is -5.01. The molecule has 2 saturated heterocycles. The second kappa shape index (κ2) is 11.6. The van der Waals surface area contributed by atoms with Crippen molar-refractivity contribution in [3.63, 3.8) is 0 Å². The first-order chi connectivity index (χ1) is 18.9. The fourth-order valence-corrected chi connectivity index (χ4v) is 8.22. The van der Waals surface area contributed by atoms with Crippen LogP contribution in [0, 0.1) is 11.7 Å². The van der Waals surface area contributed by atoms with E-state index in [2.05, 4.69) is 10.6 Å². The minimum atomic E-state index is -3.40. The summed E-state index contributed by atoms with van der Waals surface area (Å²) in [4.78, 5) is 13.4. The summed E-state index contributed by atoms with van der Waals surface area (Å²) >= 11 is 6.00. The molecule has 2 bridgehead atoms. The van der Waals surface area contributed by atoms with Gasteiger partial charge < -0.3 is 16.4 Å². The number of nitrogens with one attached hydrogen (secondary N) is 2. The Hall–Kier alpha value is -2.18. The Bertz CT molecular complexity index is 1340. The molecular weight excluding hydrogens is 565 g/mol. The van der Waals surface area contributed by atoms with Gasteiger partial charge in [-0.2, -0.15) is 4.31 Å². The normalized spacial score (nSPS) is 27.2. The van der Waals surface area contributed by atoms with Gasteiger partial charge in [0.05, 0.1) is 11.8 Å². The van der Waals surface area contributed by atoms with Crippen LogP contribution in [0.2, 0.25) is 5.02 Å². The van der Waals surface area contributed by atoms with Gasteiger partial charge in [-0.1, -0.05) is 29.8 Å². The van der Waals surface area contributed by atoms with E-state index in [1.807, 2.05) is 0 Å². The Kier molecular flexibility index (Phi) is 8.50. The summed E-state index contributed by atoms with van der Waals surface area (Å²) in [7, 11) is -3.40. The highest BCUT2D eigenvalue weighted by atomic mass is 35.5. The molecule has 3 aliphatic rings. The Morgan fingerprint density at radius 2 is 1.93 bits per heavy atom. The number of rotatable bonds is 8. The number of nitrogens with two attached hydrogens (primary N) is 1. The van der Waals surface area contributed by atoms with Gasteiger partial charge in [-0.25, -0.2) is 21.6 Å². The van der Waals surface area contributed by atoms with Crippen LogP contribution in [-0.4, -0.2) is 61.5 Å². The number of nitrogens with zero attached hydrogens (tertiary/aromatic N) is 1. The van der Waals surface area contributed by atoms with Gasteiger partial charge in [0, 0.05) is 60.2 Å². The third-order valence-electron chi connectivity index (χ3n) is 8.44. The van der Waals surface area contributed by atoms with Crippen molar-refractivity contribution in [2.75, 3.05) is 24.2 Å². The second-order valence-corrected chi connectivity index (χ2v) is 13.7. The molecule has 0 radical (unpaired) electrons. The molecule has 40 heavy (non-hydrogen) atoms. The molecule has 1 amide bonds. The summed E-state index contributed by atoms with van der Waals surface area (Å²) in [6.07, 6.45) is 1.20. The Balaban J connectivity index is 1.32. The number of fused-ring (bicyclic) bond motifs is 2. The number of hydrogen-bond donors (Lipinski definition) is 3. The molecule has 1 saturated carbocycles. The predicted molar refractivity (Wildman–Crippen MR) is 148 cm³/mol. The molecule has 2 aromatic carbocycles. The Morgan fingerprint density at radius 3 is 2.62 bits per heavy atom. The van der Waals surface area contributed by atoms with Gasteiger partial charge in [0.15, 0.2) is 0 Å².